The number of carbonyl (C=O) groups excluding carboxylic acids is 1. The Morgan fingerprint density at radius 3 is 2.81 bits per heavy atom. The van der Waals surface area contributed by atoms with Gasteiger partial charge in [-0.15, -0.1) is 21.5 Å². The van der Waals surface area contributed by atoms with Gasteiger partial charge in [0.1, 0.15) is 18.0 Å². The first-order valence-electron chi connectivity index (χ1n) is 8.20. The van der Waals surface area contributed by atoms with Crippen LogP contribution < -0.4 is 14.8 Å². The summed E-state index contributed by atoms with van der Waals surface area (Å²) in [6.07, 6.45) is 0. The molecule has 0 atom stereocenters. The quantitative estimate of drug-likeness (QED) is 0.653. The smallest absolute Gasteiger partial charge is 0.248 e. The van der Waals surface area contributed by atoms with Crippen LogP contribution in [-0.4, -0.2) is 39.3 Å². The van der Waals surface area contributed by atoms with E-state index < -0.39 is 0 Å². The number of nitrogens with zero attached hydrogens (tertiary/aromatic N) is 4. The minimum Gasteiger partial charge on any atom is -0.494 e. The Morgan fingerprint density at radius 2 is 2.08 bits per heavy atom. The summed E-state index contributed by atoms with van der Waals surface area (Å²) in [5.74, 6) is 1.45. The van der Waals surface area contributed by atoms with Gasteiger partial charge in [-0.1, -0.05) is 6.07 Å². The molecule has 9 heteroatoms. The first-order chi connectivity index (χ1) is 12.7. The molecular formula is C17H19N5O3S. The lowest BCUT2D eigenvalue weighted by Crippen LogP contribution is -2.21. The molecule has 3 rings (SSSR count). The van der Waals surface area contributed by atoms with Gasteiger partial charge in [-0.25, -0.2) is 0 Å². The molecule has 0 spiro atoms. The highest BCUT2D eigenvalue weighted by Crippen LogP contribution is 2.29. The molecule has 0 unspecified atom stereocenters. The van der Waals surface area contributed by atoms with E-state index in [1.165, 1.54) is 16.1 Å². The molecule has 1 aromatic carbocycles. The van der Waals surface area contributed by atoms with E-state index in [1.54, 1.807) is 18.2 Å². The van der Waals surface area contributed by atoms with E-state index in [4.69, 9.17) is 9.47 Å². The van der Waals surface area contributed by atoms with Crippen LogP contribution >= 0.6 is 11.3 Å². The number of hydrogen-bond acceptors (Lipinski definition) is 7. The van der Waals surface area contributed by atoms with Crippen LogP contribution in [0.2, 0.25) is 0 Å². The van der Waals surface area contributed by atoms with E-state index in [1.807, 2.05) is 31.4 Å². The number of nitrogens with one attached hydrogen (secondary N) is 1. The van der Waals surface area contributed by atoms with Crippen LogP contribution in [0.25, 0.3) is 10.7 Å². The highest BCUT2D eigenvalue weighted by atomic mass is 32.1. The number of hydrogen-bond donors (Lipinski definition) is 1. The molecule has 0 aliphatic rings. The number of amides is 1. The van der Waals surface area contributed by atoms with Crippen molar-refractivity contribution in [3.8, 4) is 22.2 Å². The van der Waals surface area contributed by atoms with Crippen molar-refractivity contribution in [2.45, 2.75) is 20.4 Å². The molecule has 0 fully saturated rings. The lowest BCUT2D eigenvalue weighted by molar-refractivity contribution is -0.117. The van der Waals surface area contributed by atoms with E-state index in [-0.39, 0.29) is 12.5 Å². The summed E-state index contributed by atoms with van der Waals surface area (Å²) in [5, 5.41) is 16.9. The van der Waals surface area contributed by atoms with Gasteiger partial charge in [-0.3, -0.25) is 4.79 Å². The third kappa shape index (κ3) is 4.37. The van der Waals surface area contributed by atoms with Crippen molar-refractivity contribution >= 4 is 22.9 Å². The number of aromatic nitrogens is 4. The molecule has 26 heavy (non-hydrogen) atoms. The van der Waals surface area contributed by atoms with Crippen LogP contribution in [0, 0.1) is 0 Å². The van der Waals surface area contributed by atoms with Crippen molar-refractivity contribution < 1.29 is 14.3 Å². The maximum Gasteiger partial charge on any atom is 0.248 e. The standard InChI is InChI=1S/C17H19N5O3S/c1-3-24-12-7-8-14(25-4-2)13(10-12)18-16(23)11-22-20-17(19-21-22)15-6-5-9-26-15/h5-10H,3-4,11H2,1-2H3,(H,18,23). The van der Waals surface area contributed by atoms with Crippen molar-refractivity contribution in [3.63, 3.8) is 0 Å². The van der Waals surface area contributed by atoms with Gasteiger partial charge in [0.05, 0.1) is 23.8 Å². The Kier molecular flexibility index (Phi) is 5.80. The van der Waals surface area contributed by atoms with Crippen LogP contribution in [-0.2, 0) is 11.3 Å². The van der Waals surface area contributed by atoms with Gasteiger partial charge < -0.3 is 14.8 Å². The lowest BCUT2D eigenvalue weighted by atomic mass is 10.2. The summed E-state index contributed by atoms with van der Waals surface area (Å²) < 4.78 is 11.0. The predicted octanol–water partition coefficient (Wildman–Crippen LogP) is 2.84. The summed E-state index contributed by atoms with van der Waals surface area (Å²) in [6, 6.07) is 9.12. The topological polar surface area (TPSA) is 91.2 Å². The van der Waals surface area contributed by atoms with Crippen LogP contribution in [0.1, 0.15) is 13.8 Å². The molecule has 1 amide bonds. The fourth-order valence-electron chi connectivity index (χ4n) is 2.28. The molecule has 3 aromatic rings. The monoisotopic (exact) mass is 373 g/mol. The average molecular weight is 373 g/mol. The van der Waals surface area contributed by atoms with E-state index >= 15 is 0 Å². The molecule has 0 saturated heterocycles. The lowest BCUT2D eigenvalue weighted by Gasteiger charge is -2.13. The molecule has 136 valence electrons. The molecule has 2 aromatic heterocycles. The molecule has 0 radical (unpaired) electrons. The highest BCUT2D eigenvalue weighted by molar-refractivity contribution is 7.13. The summed E-state index contributed by atoms with van der Waals surface area (Å²) >= 11 is 1.52. The van der Waals surface area contributed by atoms with E-state index in [0.717, 1.165) is 4.88 Å². The van der Waals surface area contributed by atoms with E-state index in [9.17, 15) is 4.79 Å². The zero-order valence-corrected chi connectivity index (χ0v) is 15.3. The van der Waals surface area contributed by atoms with Crippen molar-refractivity contribution in [1.82, 2.24) is 20.2 Å². The third-order valence-corrected chi connectivity index (χ3v) is 4.18. The summed E-state index contributed by atoms with van der Waals surface area (Å²) in [4.78, 5) is 14.5. The Hall–Kier alpha value is -2.94. The van der Waals surface area contributed by atoms with Crippen LogP contribution in [0.4, 0.5) is 5.69 Å². The van der Waals surface area contributed by atoms with Crippen LogP contribution in [0.5, 0.6) is 11.5 Å². The number of tetrazole rings is 1. The zero-order valence-electron chi connectivity index (χ0n) is 14.5. The van der Waals surface area contributed by atoms with Gasteiger partial charge in [0.15, 0.2) is 0 Å². The minimum absolute atomic E-state index is 0.0528. The predicted molar refractivity (Wildman–Crippen MR) is 98.5 cm³/mol. The van der Waals surface area contributed by atoms with Gasteiger partial charge in [0, 0.05) is 6.07 Å². The first-order valence-corrected chi connectivity index (χ1v) is 9.08. The van der Waals surface area contributed by atoms with Gasteiger partial charge in [0.2, 0.25) is 11.7 Å². The van der Waals surface area contributed by atoms with Gasteiger partial charge in [-0.05, 0) is 42.6 Å². The Balaban J connectivity index is 1.70. The number of benzene rings is 1. The van der Waals surface area contributed by atoms with Crippen molar-refractivity contribution in [2.75, 3.05) is 18.5 Å². The normalized spacial score (nSPS) is 10.5. The fourth-order valence-corrected chi connectivity index (χ4v) is 2.93. The number of ether oxygens (including phenoxy) is 2. The fraction of sp³-hybridized carbons (Fsp3) is 0.294. The highest BCUT2D eigenvalue weighted by Gasteiger charge is 2.13. The third-order valence-electron chi connectivity index (χ3n) is 3.32. The molecule has 8 nitrogen and oxygen atoms in total. The Bertz CT molecular complexity index is 863. The summed E-state index contributed by atoms with van der Waals surface area (Å²) in [5.41, 5.74) is 0.543. The second kappa shape index (κ2) is 8.43. The average Bonchev–Trinajstić information content (AvgIpc) is 3.29. The molecule has 1 N–H and O–H groups in total. The van der Waals surface area contributed by atoms with E-state index in [2.05, 4.69) is 20.7 Å². The molecular weight excluding hydrogens is 354 g/mol. The SMILES string of the molecule is CCOc1ccc(OCC)c(NC(=O)Cn2nnc(-c3cccs3)n2)c1. The van der Waals surface area contributed by atoms with Crippen molar-refractivity contribution in [3.05, 3.63) is 35.7 Å². The van der Waals surface area contributed by atoms with Crippen LogP contribution in [0.3, 0.4) is 0 Å². The number of anilines is 1. The van der Waals surface area contributed by atoms with Gasteiger partial charge in [0.25, 0.3) is 0 Å². The van der Waals surface area contributed by atoms with Crippen molar-refractivity contribution in [1.29, 1.82) is 0 Å². The summed E-state index contributed by atoms with van der Waals surface area (Å²) in [7, 11) is 0. The second-order valence-electron chi connectivity index (χ2n) is 5.19. The number of carbonyl (C=O) groups is 1. The van der Waals surface area contributed by atoms with Gasteiger partial charge in [-0.2, -0.15) is 4.80 Å². The van der Waals surface area contributed by atoms with E-state index in [0.29, 0.717) is 36.2 Å². The van der Waals surface area contributed by atoms with Crippen LogP contribution in [0.15, 0.2) is 35.7 Å². The Labute approximate surface area is 154 Å². The van der Waals surface area contributed by atoms with Crippen molar-refractivity contribution in [2.24, 2.45) is 0 Å². The van der Waals surface area contributed by atoms with Gasteiger partial charge >= 0.3 is 0 Å². The first kappa shape index (κ1) is 17.9. The maximum atomic E-state index is 12.4. The zero-order chi connectivity index (χ0) is 18.4. The molecule has 0 bridgehead atoms. The number of rotatable bonds is 8. The molecule has 2 heterocycles. The molecule has 0 saturated carbocycles. The largest absolute Gasteiger partial charge is 0.494 e. The molecule has 0 aliphatic heterocycles. The second-order valence-corrected chi connectivity index (χ2v) is 6.14. The Morgan fingerprint density at radius 1 is 1.23 bits per heavy atom. The summed E-state index contributed by atoms with van der Waals surface area (Å²) in [6.45, 7) is 4.76. The number of thiophene rings is 1. The molecule has 0 aliphatic carbocycles. The maximum absolute atomic E-state index is 12.4. The minimum atomic E-state index is -0.283.